The number of para-hydroxylation sites is 1. The molecule has 0 aliphatic rings. The number of aliphatic hydroxyl groups excluding tert-OH is 2. The van der Waals surface area contributed by atoms with Crippen molar-refractivity contribution in [3.63, 3.8) is 0 Å². The van der Waals surface area contributed by atoms with E-state index in [0.717, 1.165) is 5.39 Å². The fourth-order valence-electron chi connectivity index (χ4n) is 2.92. The Morgan fingerprint density at radius 2 is 1.85 bits per heavy atom. The molecule has 0 fully saturated rings. The van der Waals surface area contributed by atoms with Gasteiger partial charge in [-0.2, -0.15) is 0 Å². The third kappa shape index (κ3) is 2.80. The molecule has 0 bridgehead atoms. The van der Waals surface area contributed by atoms with Gasteiger partial charge in [-0.3, -0.25) is 0 Å². The van der Waals surface area contributed by atoms with E-state index in [0.29, 0.717) is 28.2 Å². The Bertz CT molecular complexity index is 1080. The molecule has 2 heterocycles. The van der Waals surface area contributed by atoms with E-state index >= 15 is 0 Å². The molecule has 0 radical (unpaired) electrons. The third-order valence-electron chi connectivity index (χ3n) is 4.24. The molecule has 26 heavy (non-hydrogen) atoms. The molecule has 1 atom stereocenters. The summed E-state index contributed by atoms with van der Waals surface area (Å²) in [5, 5.41) is 20.9. The number of halogens is 2. The molecule has 4 aromatic rings. The van der Waals surface area contributed by atoms with Crippen molar-refractivity contribution < 1.29 is 23.4 Å². The van der Waals surface area contributed by atoms with Gasteiger partial charge in [0.25, 0.3) is 0 Å². The summed E-state index contributed by atoms with van der Waals surface area (Å²) >= 11 is 5.77. The maximum Gasteiger partial charge on any atom is 0.176 e. The molecule has 132 valence electrons. The molecule has 6 heteroatoms. The highest BCUT2D eigenvalue weighted by Gasteiger charge is 2.21. The summed E-state index contributed by atoms with van der Waals surface area (Å²) < 4.78 is 24.8. The average molecular weight is 373 g/mol. The maximum atomic E-state index is 13.3. The minimum absolute atomic E-state index is 0.0758. The van der Waals surface area contributed by atoms with Gasteiger partial charge in [-0.25, -0.2) is 4.39 Å². The van der Waals surface area contributed by atoms with Gasteiger partial charge in [0.05, 0.1) is 11.6 Å². The second-order valence-electron chi connectivity index (χ2n) is 5.84. The van der Waals surface area contributed by atoms with Crippen molar-refractivity contribution in [1.29, 1.82) is 0 Å². The van der Waals surface area contributed by atoms with Gasteiger partial charge >= 0.3 is 0 Å². The largest absolute Gasteiger partial charge is 0.455 e. The average Bonchev–Trinajstić information content (AvgIpc) is 3.27. The molecule has 4 nitrogen and oxygen atoms in total. The minimum Gasteiger partial charge on any atom is -0.455 e. The van der Waals surface area contributed by atoms with Crippen LogP contribution in [0.5, 0.6) is 0 Å². The standard InChI is InChI=1S/C20H14ClFO4/c21-14-9-11(5-6-15(14)22)19(24)17-7-8-18(25-17)20-13(10-23)12-3-1-2-4-16(12)26-20/h1-9,19,23-24H,10H2. The van der Waals surface area contributed by atoms with Gasteiger partial charge in [0.15, 0.2) is 11.5 Å². The number of benzene rings is 2. The van der Waals surface area contributed by atoms with Gasteiger partial charge in [-0.15, -0.1) is 0 Å². The van der Waals surface area contributed by atoms with E-state index in [4.69, 9.17) is 20.4 Å². The molecule has 1 unspecified atom stereocenters. The van der Waals surface area contributed by atoms with Crippen molar-refractivity contribution in [2.24, 2.45) is 0 Å². The summed E-state index contributed by atoms with van der Waals surface area (Å²) in [4.78, 5) is 0. The Morgan fingerprint density at radius 1 is 1.04 bits per heavy atom. The lowest BCUT2D eigenvalue weighted by atomic mass is 10.1. The normalized spacial score (nSPS) is 12.6. The number of rotatable bonds is 4. The predicted molar refractivity (Wildman–Crippen MR) is 95.3 cm³/mol. The molecule has 4 rings (SSSR count). The van der Waals surface area contributed by atoms with Crippen LogP contribution in [0.1, 0.15) is 23.0 Å². The lowest BCUT2D eigenvalue weighted by Gasteiger charge is -2.08. The van der Waals surface area contributed by atoms with Crippen LogP contribution in [0.3, 0.4) is 0 Å². The van der Waals surface area contributed by atoms with Crippen LogP contribution >= 0.6 is 11.6 Å². The van der Waals surface area contributed by atoms with Crippen molar-refractivity contribution in [2.75, 3.05) is 0 Å². The van der Waals surface area contributed by atoms with Crippen LogP contribution in [0.2, 0.25) is 5.02 Å². The highest BCUT2D eigenvalue weighted by Crippen LogP contribution is 2.36. The topological polar surface area (TPSA) is 66.7 Å². The van der Waals surface area contributed by atoms with Crippen molar-refractivity contribution in [1.82, 2.24) is 0 Å². The quantitative estimate of drug-likeness (QED) is 0.525. The third-order valence-corrected chi connectivity index (χ3v) is 4.53. The Kier molecular flexibility index (Phi) is 4.28. The molecular formula is C20H14ClFO4. The number of hydrogen-bond acceptors (Lipinski definition) is 4. The van der Waals surface area contributed by atoms with E-state index in [9.17, 15) is 14.6 Å². The van der Waals surface area contributed by atoms with Gasteiger partial charge in [-0.05, 0) is 35.9 Å². The highest BCUT2D eigenvalue weighted by atomic mass is 35.5. The molecule has 0 saturated heterocycles. The molecule has 0 spiro atoms. The number of hydrogen-bond donors (Lipinski definition) is 2. The summed E-state index contributed by atoms with van der Waals surface area (Å²) in [7, 11) is 0. The van der Waals surface area contributed by atoms with Crippen LogP contribution in [0.25, 0.3) is 22.5 Å². The van der Waals surface area contributed by atoms with Crippen LogP contribution in [-0.4, -0.2) is 10.2 Å². The molecule has 0 aliphatic carbocycles. The highest BCUT2D eigenvalue weighted by molar-refractivity contribution is 6.30. The molecule has 0 aliphatic heterocycles. The van der Waals surface area contributed by atoms with E-state index < -0.39 is 11.9 Å². The first-order valence-electron chi connectivity index (χ1n) is 7.93. The van der Waals surface area contributed by atoms with E-state index in [2.05, 4.69) is 0 Å². The summed E-state index contributed by atoms with van der Waals surface area (Å²) in [5.41, 5.74) is 1.65. The minimum atomic E-state index is -1.11. The Hall–Kier alpha value is -2.60. The lowest BCUT2D eigenvalue weighted by Crippen LogP contribution is -1.98. The SMILES string of the molecule is OCc1c(-c2ccc(C(O)c3ccc(F)c(Cl)c3)o2)oc2ccccc12. The van der Waals surface area contributed by atoms with E-state index in [1.54, 1.807) is 18.2 Å². The zero-order valence-electron chi connectivity index (χ0n) is 13.4. The molecular weight excluding hydrogens is 359 g/mol. The zero-order chi connectivity index (χ0) is 18.3. The number of furan rings is 2. The Balaban J connectivity index is 1.73. The molecule has 2 aromatic carbocycles. The first kappa shape index (κ1) is 16.8. The first-order chi connectivity index (χ1) is 12.6. The molecule has 0 saturated carbocycles. The zero-order valence-corrected chi connectivity index (χ0v) is 14.2. The van der Waals surface area contributed by atoms with E-state index in [1.165, 1.54) is 18.2 Å². The number of fused-ring (bicyclic) bond motifs is 1. The molecule has 2 aromatic heterocycles. The second kappa shape index (κ2) is 6.61. The Morgan fingerprint density at radius 3 is 2.62 bits per heavy atom. The summed E-state index contributed by atoms with van der Waals surface area (Å²) in [5.74, 6) is 0.487. The Labute approximate surface area is 153 Å². The first-order valence-corrected chi connectivity index (χ1v) is 8.30. The smallest absolute Gasteiger partial charge is 0.176 e. The van der Waals surface area contributed by atoms with Gasteiger partial charge in [-0.1, -0.05) is 35.9 Å². The van der Waals surface area contributed by atoms with Gasteiger partial charge < -0.3 is 19.0 Å². The van der Waals surface area contributed by atoms with Gasteiger partial charge in [0, 0.05) is 10.9 Å². The lowest BCUT2D eigenvalue weighted by molar-refractivity contribution is 0.190. The van der Waals surface area contributed by atoms with Crippen molar-refractivity contribution in [3.05, 3.63) is 82.3 Å². The fraction of sp³-hybridized carbons (Fsp3) is 0.100. The predicted octanol–water partition coefficient (Wildman–Crippen LogP) is 5.06. The van der Waals surface area contributed by atoms with Crippen molar-refractivity contribution in [3.8, 4) is 11.5 Å². The van der Waals surface area contributed by atoms with E-state index in [-0.39, 0.29) is 17.4 Å². The van der Waals surface area contributed by atoms with Crippen LogP contribution in [0.15, 0.2) is 63.4 Å². The van der Waals surface area contributed by atoms with Crippen molar-refractivity contribution >= 4 is 22.6 Å². The molecule has 2 N–H and O–H groups in total. The van der Waals surface area contributed by atoms with Gasteiger partial charge in [0.1, 0.15) is 23.3 Å². The number of aliphatic hydroxyl groups is 2. The van der Waals surface area contributed by atoms with Crippen LogP contribution in [0.4, 0.5) is 4.39 Å². The molecule has 0 amide bonds. The summed E-state index contributed by atoms with van der Waals surface area (Å²) in [6.45, 7) is -0.210. The fourth-order valence-corrected chi connectivity index (χ4v) is 3.11. The van der Waals surface area contributed by atoms with Crippen molar-refractivity contribution in [2.45, 2.75) is 12.7 Å². The van der Waals surface area contributed by atoms with Crippen LogP contribution in [-0.2, 0) is 6.61 Å². The summed E-state index contributed by atoms with van der Waals surface area (Å²) in [6, 6.07) is 14.6. The van der Waals surface area contributed by atoms with Gasteiger partial charge in [0.2, 0.25) is 0 Å². The second-order valence-corrected chi connectivity index (χ2v) is 6.25. The summed E-state index contributed by atoms with van der Waals surface area (Å²) in [6.07, 6.45) is -1.11. The van der Waals surface area contributed by atoms with E-state index in [1.807, 2.05) is 18.2 Å². The maximum absolute atomic E-state index is 13.3. The van der Waals surface area contributed by atoms with Crippen LogP contribution in [0, 0.1) is 5.82 Å². The monoisotopic (exact) mass is 372 g/mol. The van der Waals surface area contributed by atoms with Crippen LogP contribution < -0.4 is 0 Å².